The Bertz CT molecular complexity index is 479. The molecule has 0 N–H and O–H groups in total. The summed E-state index contributed by atoms with van der Waals surface area (Å²) in [5.74, 6) is 0. The Morgan fingerprint density at radius 2 is 1.82 bits per heavy atom. The van der Waals surface area contributed by atoms with Crippen molar-refractivity contribution in [3.63, 3.8) is 0 Å². The van der Waals surface area contributed by atoms with Crippen molar-refractivity contribution in [1.29, 1.82) is 0 Å². The van der Waals surface area contributed by atoms with E-state index in [1.165, 1.54) is 0 Å². The molecule has 22 heavy (non-hydrogen) atoms. The van der Waals surface area contributed by atoms with Gasteiger partial charge < -0.3 is 0 Å². The van der Waals surface area contributed by atoms with Crippen LogP contribution in [0.5, 0.6) is 0 Å². The molecule has 1 aromatic carbocycles. The molecule has 0 bridgehead atoms. The maximum atomic E-state index is 5.84. The molecule has 0 amide bonds. The minimum atomic E-state index is -0.602. The first-order valence-electron chi connectivity index (χ1n) is 8.32. The van der Waals surface area contributed by atoms with Crippen molar-refractivity contribution in [2.45, 2.75) is 77.2 Å². The lowest BCUT2D eigenvalue weighted by Crippen LogP contribution is -2.32. The molecule has 0 spiro atoms. The van der Waals surface area contributed by atoms with Gasteiger partial charge in [-0.1, -0.05) is 37.3 Å². The molecule has 4 nitrogen and oxygen atoms in total. The normalized spacial score (nSPS) is 19.6. The SMILES string of the molecule is CCC(C)N=NC1(OOC(C)(C)c2ccccc2)CCCC1. The van der Waals surface area contributed by atoms with Gasteiger partial charge in [-0.2, -0.15) is 10.2 Å². The van der Waals surface area contributed by atoms with Gasteiger partial charge >= 0.3 is 0 Å². The van der Waals surface area contributed by atoms with Crippen LogP contribution in [0.2, 0.25) is 0 Å². The third kappa shape index (κ3) is 4.37. The van der Waals surface area contributed by atoms with E-state index in [0.717, 1.165) is 37.7 Å². The summed E-state index contributed by atoms with van der Waals surface area (Å²) in [7, 11) is 0. The zero-order valence-corrected chi connectivity index (χ0v) is 14.2. The first-order valence-corrected chi connectivity index (χ1v) is 8.32. The van der Waals surface area contributed by atoms with Crippen molar-refractivity contribution >= 4 is 0 Å². The topological polar surface area (TPSA) is 43.2 Å². The van der Waals surface area contributed by atoms with Crippen molar-refractivity contribution in [3.05, 3.63) is 35.9 Å². The van der Waals surface area contributed by atoms with Gasteiger partial charge in [0, 0.05) is 12.8 Å². The van der Waals surface area contributed by atoms with Crippen LogP contribution in [0.25, 0.3) is 0 Å². The molecule has 4 heteroatoms. The van der Waals surface area contributed by atoms with Gasteiger partial charge in [0.05, 0.1) is 6.04 Å². The summed E-state index contributed by atoms with van der Waals surface area (Å²) in [6.45, 7) is 8.20. The molecular weight excluding hydrogens is 276 g/mol. The van der Waals surface area contributed by atoms with Gasteiger partial charge in [0.25, 0.3) is 0 Å². The largest absolute Gasteiger partial charge is 0.223 e. The Balaban J connectivity index is 2.04. The van der Waals surface area contributed by atoms with Crippen LogP contribution >= 0.6 is 0 Å². The van der Waals surface area contributed by atoms with Gasteiger partial charge in [-0.3, -0.25) is 0 Å². The minimum Gasteiger partial charge on any atom is -0.223 e. The van der Waals surface area contributed by atoms with Crippen LogP contribution in [0.3, 0.4) is 0 Å². The summed E-state index contributed by atoms with van der Waals surface area (Å²) in [5.41, 5.74) is -0.0277. The van der Waals surface area contributed by atoms with E-state index in [1.807, 2.05) is 44.2 Å². The smallest absolute Gasteiger partial charge is 0.212 e. The highest BCUT2D eigenvalue weighted by Crippen LogP contribution is 2.37. The summed E-state index contributed by atoms with van der Waals surface area (Å²) in [6.07, 6.45) is 4.94. The Kier molecular flexibility index (Phi) is 5.70. The molecule has 1 atom stereocenters. The Hall–Kier alpha value is -1.26. The highest BCUT2D eigenvalue weighted by Gasteiger charge is 2.39. The lowest BCUT2D eigenvalue weighted by atomic mass is 9.99. The van der Waals surface area contributed by atoms with Crippen molar-refractivity contribution < 1.29 is 9.78 Å². The number of nitrogens with zero attached hydrogens (tertiary/aromatic N) is 2. The van der Waals surface area contributed by atoms with Crippen LogP contribution in [0.15, 0.2) is 40.6 Å². The zero-order valence-electron chi connectivity index (χ0n) is 14.2. The van der Waals surface area contributed by atoms with E-state index in [1.54, 1.807) is 0 Å². The number of azo groups is 1. The van der Waals surface area contributed by atoms with Crippen LogP contribution in [-0.2, 0) is 15.4 Å². The molecule has 1 unspecified atom stereocenters. The molecule has 122 valence electrons. The number of hydrogen-bond donors (Lipinski definition) is 0. The van der Waals surface area contributed by atoms with Crippen molar-refractivity contribution in [3.8, 4) is 0 Å². The maximum absolute atomic E-state index is 5.84. The fourth-order valence-corrected chi connectivity index (χ4v) is 2.48. The van der Waals surface area contributed by atoms with E-state index >= 15 is 0 Å². The highest BCUT2D eigenvalue weighted by atomic mass is 17.2. The fraction of sp³-hybridized carbons (Fsp3) is 0.667. The average molecular weight is 304 g/mol. The third-order valence-electron chi connectivity index (χ3n) is 4.29. The van der Waals surface area contributed by atoms with E-state index < -0.39 is 11.3 Å². The van der Waals surface area contributed by atoms with Gasteiger partial charge in [-0.25, -0.2) is 9.78 Å². The molecule has 0 radical (unpaired) electrons. The van der Waals surface area contributed by atoms with E-state index in [0.29, 0.717) is 0 Å². The summed E-state index contributed by atoms with van der Waals surface area (Å²) in [5, 5.41) is 8.89. The molecule has 1 aliphatic carbocycles. The second-order valence-electron chi connectivity index (χ2n) is 6.67. The molecule has 1 aromatic rings. The molecule has 0 aliphatic heterocycles. The van der Waals surface area contributed by atoms with Gasteiger partial charge in [0.2, 0.25) is 5.72 Å². The van der Waals surface area contributed by atoms with E-state index in [4.69, 9.17) is 9.78 Å². The molecule has 1 aliphatic rings. The second kappa shape index (κ2) is 7.34. The molecule has 0 aromatic heterocycles. The summed E-state index contributed by atoms with van der Waals surface area (Å²) in [4.78, 5) is 11.7. The van der Waals surface area contributed by atoms with Crippen LogP contribution in [0.4, 0.5) is 0 Å². The Morgan fingerprint density at radius 3 is 2.41 bits per heavy atom. The first kappa shape index (κ1) is 17.1. The summed E-state index contributed by atoms with van der Waals surface area (Å²) < 4.78 is 0. The van der Waals surface area contributed by atoms with Crippen LogP contribution in [0, 0.1) is 0 Å². The molecule has 2 rings (SSSR count). The highest BCUT2D eigenvalue weighted by molar-refractivity contribution is 5.20. The molecule has 1 saturated carbocycles. The van der Waals surface area contributed by atoms with Crippen molar-refractivity contribution in [2.75, 3.05) is 0 Å². The summed E-state index contributed by atoms with van der Waals surface area (Å²) >= 11 is 0. The van der Waals surface area contributed by atoms with Crippen LogP contribution < -0.4 is 0 Å². The van der Waals surface area contributed by atoms with E-state index in [-0.39, 0.29) is 6.04 Å². The third-order valence-corrected chi connectivity index (χ3v) is 4.29. The quantitative estimate of drug-likeness (QED) is 0.385. The lowest BCUT2D eigenvalue weighted by molar-refractivity contribution is -0.410. The minimum absolute atomic E-state index is 0.225. The second-order valence-corrected chi connectivity index (χ2v) is 6.67. The lowest BCUT2D eigenvalue weighted by Gasteiger charge is -2.30. The van der Waals surface area contributed by atoms with Crippen LogP contribution in [-0.4, -0.2) is 11.8 Å². The van der Waals surface area contributed by atoms with Gasteiger partial charge in [-0.15, -0.1) is 0 Å². The van der Waals surface area contributed by atoms with Gasteiger partial charge in [0.15, 0.2) is 0 Å². The molecule has 1 fully saturated rings. The van der Waals surface area contributed by atoms with Crippen molar-refractivity contribution in [2.24, 2.45) is 10.2 Å². The maximum Gasteiger partial charge on any atom is 0.212 e. The Labute approximate surface area is 133 Å². The molecule has 0 heterocycles. The number of benzene rings is 1. The average Bonchev–Trinajstić information content (AvgIpc) is 3.01. The predicted octanol–water partition coefficient (Wildman–Crippen LogP) is 5.39. The van der Waals surface area contributed by atoms with Crippen LogP contribution in [0.1, 0.15) is 65.4 Å². The van der Waals surface area contributed by atoms with E-state index in [2.05, 4.69) is 24.1 Å². The van der Waals surface area contributed by atoms with Crippen molar-refractivity contribution in [1.82, 2.24) is 0 Å². The van der Waals surface area contributed by atoms with Gasteiger partial charge in [-0.05, 0) is 45.6 Å². The monoisotopic (exact) mass is 304 g/mol. The van der Waals surface area contributed by atoms with Gasteiger partial charge in [0.1, 0.15) is 5.60 Å². The van der Waals surface area contributed by atoms with E-state index in [9.17, 15) is 0 Å². The first-order chi connectivity index (χ1) is 10.5. The number of rotatable bonds is 7. The fourth-order valence-electron chi connectivity index (χ4n) is 2.48. The zero-order chi connectivity index (χ0) is 16.1. The number of hydrogen-bond acceptors (Lipinski definition) is 4. The molecular formula is C18H28N2O2. The predicted molar refractivity (Wildman–Crippen MR) is 87.4 cm³/mol. The molecule has 0 saturated heterocycles. The Morgan fingerprint density at radius 1 is 1.18 bits per heavy atom. The summed E-state index contributed by atoms with van der Waals surface area (Å²) in [6, 6.07) is 10.3. The standard InChI is InChI=1S/C18H28N2O2/c1-5-15(2)19-20-18(13-9-10-14-18)22-21-17(3,4)16-11-7-6-8-12-16/h6-8,11-12,15H,5,9-10,13-14H2,1-4H3.